The van der Waals surface area contributed by atoms with E-state index in [1.165, 1.54) is 18.9 Å². The Morgan fingerprint density at radius 3 is 2.72 bits per heavy atom. The Balaban J connectivity index is 3.39. The van der Waals surface area contributed by atoms with Gasteiger partial charge in [-0.3, -0.25) is 4.79 Å². The fraction of sp³-hybridized carbons (Fsp3) is 0.909. The molecule has 18 heavy (non-hydrogen) atoms. The van der Waals surface area contributed by atoms with Gasteiger partial charge in [-0.15, -0.1) is 0 Å². The van der Waals surface area contributed by atoms with Crippen LogP contribution in [-0.4, -0.2) is 68.8 Å². The van der Waals surface area contributed by atoms with Gasteiger partial charge in [0.1, 0.15) is 6.04 Å². The average molecular weight is 281 g/mol. The number of nitrogens with two attached hydrogens (primary N) is 1. The quantitative estimate of drug-likeness (QED) is 0.394. The second kappa shape index (κ2) is 11.7. The first-order chi connectivity index (χ1) is 8.61. The summed E-state index contributed by atoms with van der Waals surface area (Å²) in [5.74, 6) is 0.853. The summed E-state index contributed by atoms with van der Waals surface area (Å²) in [7, 11) is 2.91. The molecule has 0 aromatic rings. The van der Waals surface area contributed by atoms with E-state index >= 15 is 0 Å². The number of methoxy groups -OCH3 is 2. The van der Waals surface area contributed by atoms with E-state index < -0.39 is 18.1 Å². The molecule has 0 aliphatic heterocycles. The van der Waals surface area contributed by atoms with Crippen molar-refractivity contribution in [2.45, 2.75) is 18.6 Å². The smallest absolute Gasteiger partial charge is 0.322 e. The van der Waals surface area contributed by atoms with Crippen molar-refractivity contribution in [1.82, 2.24) is 0 Å². The maximum atomic E-state index is 11.0. The van der Waals surface area contributed by atoms with Crippen LogP contribution in [0.25, 0.3) is 0 Å². The van der Waals surface area contributed by atoms with Crippen LogP contribution in [0.15, 0.2) is 0 Å². The first-order valence-corrected chi connectivity index (χ1v) is 6.93. The van der Waals surface area contributed by atoms with Crippen LogP contribution in [0.4, 0.5) is 0 Å². The first-order valence-electron chi connectivity index (χ1n) is 5.77. The van der Waals surface area contributed by atoms with Gasteiger partial charge in [-0.25, -0.2) is 0 Å². The SMILES string of the molecule is COCCOCC(O)CSCCC(N)C(=O)OC. The van der Waals surface area contributed by atoms with Crippen LogP contribution in [0.5, 0.6) is 0 Å². The van der Waals surface area contributed by atoms with Crippen LogP contribution in [0.2, 0.25) is 0 Å². The summed E-state index contributed by atoms with van der Waals surface area (Å²) < 4.78 is 14.5. The molecular formula is C11H23NO5S. The highest BCUT2D eigenvalue weighted by molar-refractivity contribution is 7.99. The zero-order valence-corrected chi connectivity index (χ0v) is 11.8. The lowest BCUT2D eigenvalue weighted by atomic mass is 10.2. The molecule has 0 aromatic heterocycles. The van der Waals surface area contributed by atoms with Crippen molar-refractivity contribution in [1.29, 1.82) is 0 Å². The highest BCUT2D eigenvalue weighted by Gasteiger charge is 2.13. The second-order valence-corrected chi connectivity index (χ2v) is 4.86. The van der Waals surface area contributed by atoms with E-state index in [1.54, 1.807) is 7.11 Å². The first kappa shape index (κ1) is 17.7. The molecule has 6 nitrogen and oxygen atoms in total. The number of ether oxygens (including phenoxy) is 3. The Morgan fingerprint density at radius 1 is 1.39 bits per heavy atom. The lowest BCUT2D eigenvalue weighted by Gasteiger charge is -2.12. The zero-order valence-electron chi connectivity index (χ0n) is 11.0. The summed E-state index contributed by atoms with van der Waals surface area (Å²) >= 11 is 1.53. The molecule has 7 heteroatoms. The molecule has 0 heterocycles. The van der Waals surface area contributed by atoms with E-state index in [9.17, 15) is 9.90 Å². The van der Waals surface area contributed by atoms with Gasteiger partial charge in [-0.05, 0) is 12.2 Å². The third kappa shape index (κ3) is 9.67. The molecule has 0 radical (unpaired) electrons. The zero-order chi connectivity index (χ0) is 13.8. The number of aliphatic hydroxyl groups excluding tert-OH is 1. The highest BCUT2D eigenvalue weighted by atomic mass is 32.2. The molecule has 0 saturated carbocycles. The summed E-state index contributed by atoms with van der Waals surface area (Å²) in [6, 6.07) is -0.586. The van der Waals surface area contributed by atoms with Gasteiger partial charge in [0, 0.05) is 12.9 Å². The van der Waals surface area contributed by atoms with Gasteiger partial charge in [0.15, 0.2) is 0 Å². The largest absolute Gasteiger partial charge is 0.468 e. The Morgan fingerprint density at radius 2 is 2.11 bits per heavy atom. The number of aliphatic hydroxyl groups is 1. The number of hydrogen-bond donors (Lipinski definition) is 2. The summed E-state index contributed by atoms with van der Waals surface area (Å²) in [5.41, 5.74) is 5.57. The van der Waals surface area contributed by atoms with Gasteiger partial charge in [-0.1, -0.05) is 0 Å². The maximum absolute atomic E-state index is 11.0. The maximum Gasteiger partial charge on any atom is 0.322 e. The second-order valence-electron chi connectivity index (χ2n) is 3.71. The summed E-state index contributed by atoms with van der Waals surface area (Å²) in [5, 5.41) is 9.56. The van der Waals surface area contributed by atoms with Crippen molar-refractivity contribution in [3.63, 3.8) is 0 Å². The van der Waals surface area contributed by atoms with Crippen molar-refractivity contribution in [3.05, 3.63) is 0 Å². The monoisotopic (exact) mass is 281 g/mol. The number of carbonyl (C=O) groups is 1. The van der Waals surface area contributed by atoms with E-state index in [-0.39, 0.29) is 0 Å². The molecule has 0 amide bonds. The van der Waals surface area contributed by atoms with Crippen LogP contribution in [0, 0.1) is 0 Å². The van der Waals surface area contributed by atoms with Gasteiger partial charge in [0.05, 0.1) is 33.0 Å². The molecule has 3 N–H and O–H groups in total. The number of rotatable bonds is 11. The van der Waals surface area contributed by atoms with Crippen molar-refractivity contribution < 1.29 is 24.1 Å². The molecule has 0 rings (SSSR count). The van der Waals surface area contributed by atoms with Crippen LogP contribution in [0.3, 0.4) is 0 Å². The normalized spacial score (nSPS) is 14.2. The number of hydrogen-bond acceptors (Lipinski definition) is 7. The minimum absolute atomic E-state index is 0.291. The van der Waals surface area contributed by atoms with Crippen molar-refractivity contribution in [3.8, 4) is 0 Å². The number of esters is 1. The molecule has 0 spiro atoms. The molecule has 2 atom stereocenters. The molecule has 0 aromatic carbocycles. The van der Waals surface area contributed by atoms with Crippen molar-refractivity contribution in [2.24, 2.45) is 5.73 Å². The van der Waals surface area contributed by atoms with Gasteiger partial charge in [0.2, 0.25) is 0 Å². The Hall–Kier alpha value is -0.340. The summed E-state index contributed by atoms with van der Waals surface area (Å²) in [6.07, 6.45) is 0.0235. The Labute approximate surface area is 112 Å². The van der Waals surface area contributed by atoms with E-state index in [0.29, 0.717) is 37.7 Å². The topological polar surface area (TPSA) is 91.0 Å². The van der Waals surface area contributed by atoms with Crippen LogP contribution < -0.4 is 5.73 Å². The number of carbonyl (C=O) groups excluding carboxylic acids is 1. The predicted molar refractivity (Wildman–Crippen MR) is 70.6 cm³/mol. The van der Waals surface area contributed by atoms with Crippen molar-refractivity contribution >= 4 is 17.7 Å². The lowest BCUT2D eigenvalue weighted by Crippen LogP contribution is -2.32. The fourth-order valence-corrected chi connectivity index (χ4v) is 2.06. The van der Waals surface area contributed by atoms with E-state index in [4.69, 9.17) is 15.2 Å². The van der Waals surface area contributed by atoms with Crippen LogP contribution in [0.1, 0.15) is 6.42 Å². The fourth-order valence-electron chi connectivity index (χ4n) is 1.11. The molecule has 0 aliphatic carbocycles. The van der Waals surface area contributed by atoms with E-state index in [0.717, 1.165) is 0 Å². The standard InChI is InChI=1S/C11H23NO5S/c1-15-4-5-17-7-9(13)8-18-6-3-10(12)11(14)16-2/h9-10,13H,3-8,12H2,1-2H3. The lowest BCUT2D eigenvalue weighted by molar-refractivity contribution is -0.142. The van der Waals surface area contributed by atoms with E-state index in [1.807, 2.05) is 0 Å². The van der Waals surface area contributed by atoms with E-state index in [2.05, 4.69) is 4.74 Å². The molecule has 108 valence electrons. The molecule has 0 fully saturated rings. The van der Waals surface area contributed by atoms with Gasteiger partial charge < -0.3 is 25.1 Å². The van der Waals surface area contributed by atoms with Crippen LogP contribution >= 0.6 is 11.8 Å². The summed E-state index contributed by atoms with van der Waals surface area (Å²) in [4.78, 5) is 11.0. The van der Waals surface area contributed by atoms with Gasteiger partial charge in [-0.2, -0.15) is 11.8 Å². The highest BCUT2D eigenvalue weighted by Crippen LogP contribution is 2.07. The Bertz CT molecular complexity index is 218. The van der Waals surface area contributed by atoms with Crippen LogP contribution in [-0.2, 0) is 19.0 Å². The number of thioether (sulfide) groups is 1. The van der Waals surface area contributed by atoms with Gasteiger partial charge in [0.25, 0.3) is 0 Å². The third-order valence-corrected chi connectivity index (χ3v) is 3.27. The Kier molecular flexibility index (Phi) is 11.5. The molecular weight excluding hydrogens is 258 g/mol. The minimum Gasteiger partial charge on any atom is -0.468 e. The molecule has 0 aliphatic rings. The molecule has 0 saturated heterocycles. The summed E-state index contributed by atoms with van der Waals surface area (Å²) in [6.45, 7) is 1.29. The molecule has 0 bridgehead atoms. The van der Waals surface area contributed by atoms with Crippen molar-refractivity contribution in [2.75, 3.05) is 45.5 Å². The van der Waals surface area contributed by atoms with Gasteiger partial charge >= 0.3 is 5.97 Å². The predicted octanol–water partition coefficient (Wildman–Crippen LogP) is -0.366. The minimum atomic E-state index is -0.586. The third-order valence-electron chi connectivity index (χ3n) is 2.13. The average Bonchev–Trinajstić information content (AvgIpc) is 2.38. The molecule has 2 unspecified atom stereocenters.